The van der Waals surface area contributed by atoms with Gasteiger partial charge in [-0.25, -0.2) is 4.68 Å². The number of hydrogen-bond acceptors (Lipinski definition) is 3. The van der Waals surface area contributed by atoms with Crippen LogP contribution in [0, 0.1) is 13.8 Å². The van der Waals surface area contributed by atoms with E-state index in [1.165, 1.54) is 12.1 Å². The van der Waals surface area contributed by atoms with Crippen LogP contribution in [0.25, 0.3) is 16.9 Å². The van der Waals surface area contributed by atoms with Gasteiger partial charge in [0, 0.05) is 37.4 Å². The first kappa shape index (κ1) is 24.6. The van der Waals surface area contributed by atoms with Crippen molar-refractivity contribution < 1.29 is 18.0 Å². The van der Waals surface area contributed by atoms with Crippen molar-refractivity contribution >= 4 is 11.6 Å². The van der Waals surface area contributed by atoms with Crippen molar-refractivity contribution in [3.63, 3.8) is 0 Å². The average molecular weight is 505 g/mol. The number of carbonyl (C=O) groups is 1. The highest BCUT2D eigenvalue weighted by Gasteiger charge is 2.32. The Hall–Kier alpha value is -4.07. The molecule has 0 saturated carbocycles. The van der Waals surface area contributed by atoms with Crippen molar-refractivity contribution in [1.82, 2.24) is 14.7 Å². The molecule has 190 valence electrons. The lowest BCUT2D eigenvalue weighted by atomic mass is 10.1. The number of anilines is 1. The number of nitrogens with zero attached hydrogens (tertiary/aromatic N) is 4. The molecule has 0 radical (unpaired) electrons. The van der Waals surface area contributed by atoms with E-state index in [2.05, 4.69) is 6.07 Å². The Bertz CT molecular complexity index is 1420. The lowest BCUT2D eigenvalue weighted by molar-refractivity contribution is -0.137. The molecule has 1 saturated heterocycles. The Morgan fingerprint density at radius 2 is 1.57 bits per heavy atom. The number of alkyl halides is 3. The largest absolute Gasteiger partial charge is 0.416 e. The van der Waals surface area contributed by atoms with Crippen molar-refractivity contribution in [3.05, 3.63) is 101 Å². The molecule has 4 aromatic rings. The minimum absolute atomic E-state index is 0.154. The number of amides is 1. The molecule has 0 unspecified atom stereocenters. The van der Waals surface area contributed by atoms with Crippen LogP contribution in [0.2, 0.25) is 0 Å². The molecule has 0 aliphatic carbocycles. The standard InChI is InChI=1S/C29H27F3N4O/c1-20-11-12-26(21(2)17-20)36-27(19-25(33-36)22-7-4-3-5-8-22)28(37)35-15-13-34(14-16-35)24-10-6-9-23(18-24)29(30,31)32/h3-12,17-19H,13-16H2,1-2H3. The number of piperazine rings is 1. The maximum Gasteiger partial charge on any atom is 0.416 e. The first-order valence-corrected chi connectivity index (χ1v) is 12.2. The maximum absolute atomic E-state index is 13.7. The topological polar surface area (TPSA) is 41.4 Å². The summed E-state index contributed by atoms with van der Waals surface area (Å²) < 4.78 is 41.2. The number of hydrogen-bond donors (Lipinski definition) is 0. The summed E-state index contributed by atoms with van der Waals surface area (Å²) in [6, 6.07) is 22.9. The molecular weight excluding hydrogens is 477 g/mol. The van der Waals surface area contributed by atoms with Gasteiger partial charge in [-0.2, -0.15) is 18.3 Å². The van der Waals surface area contributed by atoms with Crippen molar-refractivity contribution in [2.45, 2.75) is 20.0 Å². The minimum Gasteiger partial charge on any atom is -0.368 e. The molecule has 2 heterocycles. The molecule has 5 rings (SSSR count). The lowest BCUT2D eigenvalue weighted by Gasteiger charge is -2.36. The summed E-state index contributed by atoms with van der Waals surface area (Å²) in [6.45, 7) is 5.69. The van der Waals surface area contributed by atoms with Gasteiger partial charge >= 0.3 is 6.18 Å². The van der Waals surface area contributed by atoms with E-state index < -0.39 is 11.7 Å². The molecular formula is C29H27F3N4O. The van der Waals surface area contributed by atoms with E-state index >= 15 is 0 Å². The number of halogens is 3. The van der Waals surface area contributed by atoms with Crippen LogP contribution < -0.4 is 4.90 Å². The third-order valence-corrected chi connectivity index (χ3v) is 6.68. The summed E-state index contributed by atoms with van der Waals surface area (Å²) in [7, 11) is 0. The maximum atomic E-state index is 13.7. The second kappa shape index (κ2) is 9.76. The van der Waals surface area contributed by atoms with Gasteiger partial charge in [0.25, 0.3) is 5.91 Å². The van der Waals surface area contributed by atoms with Crippen LogP contribution in [0.4, 0.5) is 18.9 Å². The molecule has 1 fully saturated rings. The summed E-state index contributed by atoms with van der Waals surface area (Å²) in [6.07, 6.45) is -4.39. The molecule has 0 N–H and O–H groups in total. The quantitative estimate of drug-likeness (QED) is 0.335. The van der Waals surface area contributed by atoms with Crippen LogP contribution in [0.5, 0.6) is 0 Å². The molecule has 1 aliphatic heterocycles. The third-order valence-electron chi connectivity index (χ3n) is 6.68. The van der Waals surface area contributed by atoms with Crippen molar-refractivity contribution in [2.24, 2.45) is 0 Å². The number of rotatable bonds is 4. The van der Waals surface area contributed by atoms with Crippen LogP contribution in [0.1, 0.15) is 27.2 Å². The zero-order valence-corrected chi connectivity index (χ0v) is 20.7. The molecule has 0 atom stereocenters. The minimum atomic E-state index is -4.39. The van der Waals surface area contributed by atoms with E-state index in [1.54, 1.807) is 15.6 Å². The van der Waals surface area contributed by atoms with E-state index in [4.69, 9.17) is 5.10 Å². The molecule has 0 bridgehead atoms. The van der Waals surface area contributed by atoms with Gasteiger partial charge in [-0.3, -0.25) is 4.79 Å². The Balaban J connectivity index is 1.42. The van der Waals surface area contributed by atoms with Crippen LogP contribution in [-0.2, 0) is 6.18 Å². The number of carbonyl (C=O) groups excluding carboxylic acids is 1. The number of benzene rings is 3. The van der Waals surface area contributed by atoms with Gasteiger partial charge < -0.3 is 9.80 Å². The number of aromatic nitrogens is 2. The highest BCUT2D eigenvalue weighted by atomic mass is 19.4. The summed E-state index contributed by atoms with van der Waals surface area (Å²) in [5, 5.41) is 4.80. The van der Waals surface area contributed by atoms with Crippen LogP contribution >= 0.6 is 0 Å². The lowest BCUT2D eigenvalue weighted by Crippen LogP contribution is -2.49. The molecule has 0 spiro atoms. The van der Waals surface area contributed by atoms with Crippen LogP contribution in [0.15, 0.2) is 78.9 Å². The number of aryl methyl sites for hydroxylation is 2. The highest BCUT2D eigenvalue weighted by Crippen LogP contribution is 2.32. The van der Waals surface area contributed by atoms with Gasteiger partial charge in [0.15, 0.2) is 0 Å². The second-order valence-corrected chi connectivity index (χ2v) is 9.31. The predicted molar refractivity (Wildman–Crippen MR) is 138 cm³/mol. The van der Waals surface area contributed by atoms with Gasteiger partial charge in [-0.15, -0.1) is 0 Å². The van der Waals surface area contributed by atoms with Crippen molar-refractivity contribution in [1.29, 1.82) is 0 Å². The molecule has 37 heavy (non-hydrogen) atoms. The van der Waals surface area contributed by atoms with E-state index in [0.29, 0.717) is 43.3 Å². The smallest absolute Gasteiger partial charge is 0.368 e. The van der Waals surface area contributed by atoms with E-state index in [0.717, 1.165) is 28.4 Å². The van der Waals surface area contributed by atoms with Crippen LogP contribution in [0.3, 0.4) is 0 Å². The van der Waals surface area contributed by atoms with E-state index in [9.17, 15) is 18.0 Å². The second-order valence-electron chi connectivity index (χ2n) is 9.31. The van der Waals surface area contributed by atoms with E-state index in [1.807, 2.05) is 67.3 Å². The molecule has 3 aromatic carbocycles. The third kappa shape index (κ3) is 5.09. The molecule has 5 nitrogen and oxygen atoms in total. The molecule has 1 aliphatic rings. The normalized spacial score (nSPS) is 14.2. The van der Waals surface area contributed by atoms with Gasteiger partial charge in [-0.1, -0.05) is 54.1 Å². The highest BCUT2D eigenvalue weighted by molar-refractivity contribution is 5.94. The first-order chi connectivity index (χ1) is 17.7. The zero-order valence-electron chi connectivity index (χ0n) is 20.7. The zero-order chi connectivity index (χ0) is 26.2. The molecule has 1 aromatic heterocycles. The van der Waals surface area contributed by atoms with Gasteiger partial charge in [0.2, 0.25) is 0 Å². The fourth-order valence-electron chi connectivity index (χ4n) is 4.72. The summed E-state index contributed by atoms with van der Waals surface area (Å²) in [4.78, 5) is 17.4. The SMILES string of the molecule is Cc1ccc(-n2nc(-c3ccccc3)cc2C(=O)N2CCN(c3cccc(C(F)(F)F)c3)CC2)c(C)c1. The van der Waals surface area contributed by atoms with Gasteiger partial charge in [-0.05, 0) is 49.7 Å². The monoisotopic (exact) mass is 504 g/mol. The average Bonchev–Trinajstić information content (AvgIpc) is 3.34. The van der Waals surface area contributed by atoms with Crippen LogP contribution in [-0.4, -0.2) is 46.8 Å². The summed E-state index contributed by atoms with van der Waals surface area (Å²) >= 11 is 0. The van der Waals surface area contributed by atoms with Gasteiger partial charge in [0.1, 0.15) is 5.69 Å². The Morgan fingerprint density at radius 1 is 0.838 bits per heavy atom. The predicted octanol–water partition coefficient (Wildman–Crippen LogP) is 6.14. The Labute approximate surface area is 213 Å². The summed E-state index contributed by atoms with van der Waals surface area (Å²) in [5.74, 6) is -0.154. The Morgan fingerprint density at radius 3 is 2.24 bits per heavy atom. The molecule has 1 amide bonds. The first-order valence-electron chi connectivity index (χ1n) is 12.2. The fourth-order valence-corrected chi connectivity index (χ4v) is 4.72. The fraction of sp³-hybridized carbons (Fsp3) is 0.241. The van der Waals surface area contributed by atoms with Crippen molar-refractivity contribution in [2.75, 3.05) is 31.1 Å². The van der Waals surface area contributed by atoms with Crippen molar-refractivity contribution in [3.8, 4) is 16.9 Å². The Kier molecular flexibility index (Phi) is 6.50. The summed E-state index contributed by atoms with van der Waals surface area (Å²) in [5.41, 5.74) is 4.86. The van der Waals surface area contributed by atoms with E-state index in [-0.39, 0.29) is 5.91 Å². The van der Waals surface area contributed by atoms with Gasteiger partial charge in [0.05, 0.1) is 16.9 Å². The molecule has 8 heteroatoms.